The van der Waals surface area contributed by atoms with Crippen LogP contribution in [0.2, 0.25) is 0 Å². The van der Waals surface area contributed by atoms with Crippen molar-refractivity contribution < 1.29 is 24.3 Å². The molecular weight excluding hydrogens is 440 g/mol. The minimum atomic E-state index is -1.24. The molecule has 3 amide bonds. The first-order valence-electron chi connectivity index (χ1n) is 10.3. The predicted molar refractivity (Wildman–Crippen MR) is 124 cm³/mol. The Morgan fingerprint density at radius 2 is 1.56 bits per heavy atom. The highest BCUT2D eigenvalue weighted by Crippen LogP contribution is 2.04. The molecule has 13 nitrogen and oxygen atoms in total. The second-order valence-corrected chi connectivity index (χ2v) is 7.58. The average Bonchev–Trinajstić information content (AvgIpc) is 2.73. The fraction of sp³-hybridized carbons (Fsp3) is 0.722. The van der Waals surface area contributed by atoms with Crippen molar-refractivity contribution in [3.05, 3.63) is 0 Å². The van der Waals surface area contributed by atoms with Crippen LogP contribution >= 0.6 is 12.6 Å². The van der Waals surface area contributed by atoms with Crippen LogP contribution in [0, 0.1) is 0 Å². The van der Waals surface area contributed by atoms with Crippen molar-refractivity contribution in [1.29, 1.82) is 0 Å². The maximum atomic E-state index is 12.5. The van der Waals surface area contributed by atoms with Gasteiger partial charge in [0.25, 0.3) is 0 Å². The summed E-state index contributed by atoms with van der Waals surface area (Å²) < 4.78 is 0. The molecule has 0 aromatic carbocycles. The first-order valence-corrected chi connectivity index (χ1v) is 10.9. The van der Waals surface area contributed by atoms with Crippen LogP contribution in [0.1, 0.15) is 39.0 Å². The monoisotopic (exact) mass is 476 g/mol. The number of aliphatic imine (C=N–C) groups is 1. The smallest absolute Gasteiger partial charge is 0.327 e. The topological polar surface area (TPSA) is 241 Å². The van der Waals surface area contributed by atoms with Crippen LogP contribution in [0.3, 0.4) is 0 Å². The number of carbonyl (C=O) groups is 4. The molecule has 0 aromatic rings. The Hall–Kier alpha value is -2.58. The third kappa shape index (κ3) is 12.3. The summed E-state index contributed by atoms with van der Waals surface area (Å²) in [6.07, 6.45) is 2.19. The van der Waals surface area contributed by atoms with Gasteiger partial charge in [-0.15, -0.1) is 0 Å². The molecule has 32 heavy (non-hydrogen) atoms. The van der Waals surface area contributed by atoms with E-state index in [0.29, 0.717) is 38.8 Å². The second kappa shape index (κ2) is 16.1. The van der Waals surface area contributed by atoms with Gasteiger partial charge in [-0.2, -0.15) is 12.6 Å². The number of carboxylic acids is 1. The number of thiol groups is 1. The first kappa shape index (κ1) is 29.4. The summed E-state index contributed by atoms with van der Waals surface area (Å²) in [5, 5.41) is 16.5. The molecule has 0 heterocycles. The third-order valence-electron chi connectivity index (χ3n) is 4.43. The normalized spacial score (nSPS) is 14.4. The van der Waals surface area contributed by atoms with E-state index >= 15 is 0 Å². The van der Waals surface area contributed by atoms with E-state index < -0.39 is 47.9 Å². The average molecular weight is 477 g/mol. The molecule has 0 bridgehead atoms. The molecule has 0 rings (SSSR count). The third-order valence-corrected chi connectivity index (χ3v) is 4.80. The van der Waals surface area contributed by atoms with Crippen molar-refractivity contribution in [2.75, 3.05) is 18.8 Å². The summed E-state index contributed by atoms with van der Waals surface area (Å²) in [6.45, 7) is 2.18. The Labute approximate surface area is 192 Å². The number of guanidine groups is 1. The minimum Gasteiger partial charge on any atom is -0.480 e. The zero-order valence-electron chi connectivity index (χ0n) is 18.3. The highest BCUT2D eigenvalue weighted by atomic mass is 32.1. The van der Waals surface area contributed by atoms with E-state index in [0.717, 1.165) is 0 Å². The first-order chi connectivity index (χ1) is 15.0. The van der Waals surface area contributed by atoms with Crippen LogP contribution in [-0.4, -0.2) is 77.8 Å². The van der Waals surface area contributed by atoms with E-state index in [1.54, 1.807) is 0 Å². The van der Waals surface area contributed by atoms with E-state index in [-0.39, 0.29) is 18.1 Å². The fourth-order valence-corrected chi connectivity index (χ4v) is 2.80. The summed E-state index contributed by atoms with van der Waals surface area (Å²) >= 11 is 3.91. The van der Waals surface area contributed by atoms with Gasteiger partial charge in [0.1, 0.15) is 18.1 Å². The summed E-state index contributed by atoms with van der Waals surface area (Å²) in [5.41, 5.74) is 21.7. The van der Waals surface area contributed by atoms with Crippen LogP contribution in [0.15, 0.2) is 4.99 Å². The number of aliphatic carboxylic acids is 1. The van der Waals surface area contributed by atoms with Gasteiger partial charge in [0.05, 0.1) is 6.04 Å². The SMILES string of the molecule is C[C@H](NC(=O)[C@@H](N)CCCN=C(N)N)C(=O)N[C@@H](CCCCN)C(=O)N[C@@H](CS)C(=O)O. The van der Waals surface area contributed by atoms with Gasteiger partial charge in [0.2, 0.25) is 17.7 Å². The molecule has 0 saturated carbocycles. The molecule has 12 N–H and O–H groups in total. The molecule has 4 atom stereocenters. The van der Waals surface area contributed by atoms with Crippen molar-refractivity contribution in [1.82, 2.24) is 16.0 Å². The Morgan fingerprint density at radius 1 is 0.938 bits per heavy atom. The lowest BCUT2D eigenvalue weighted by Gasteiger charge is -2.23. The van der Waals surface area contributed by atoms with Gasteiger partial charge in [-0.3, -0.25) is 19.4 Å². The van der Waals surface area contributed by atoms with Crippen LogP contribution in [0.25, 0.3) is 0 Å². The van der Waals surface area contributed by atoms with E-state index in [1.165, 1.54) is 6.92 Å². The van der Waals surface area contributed by atoms with E-state index in [9.17, 15) is 19.2 Å². The number of carboxylic acid groups (broad SMARTS) is 1. The Kier molecular flexibility index (Phi) is 14.8. The quantitative estimate of drug-likeness (QED) is 0.0476. The highest BCUT2D eigenvalue weighted by molar-refractivity contribution is 7.80. The molecule has 0 unspecified atom stereocenters. The number of hydrogen-bond donors (Lipinski definition) is 9. The van der Waals surface area contributed by atoms with E-state index in [1.807, 2.05) is 0 Å². The Bertz CT molecular complexity index is 659. The van der Waals surface area contributed by atoms with Gasteiger partial charge < -0.3 is 44.0 Å². The van der Waals surface area contributed by atoms with Crippen molar-refractivity contribution in [3.63, 3.8) is 0 Å². The number of rotatable bonds is 16. The van der Waals surface area contributed by atoms with Crippen molar-refractivity contribution in [3.8, 4) is 0 Å². The highest BCUT2D eigenvalue weighted by Gasteiger charge is 2.28. The molecular formula is C18H36N8O5S. The number of nitrogens with one attached hydrogen (secondary N) is 3. The van der Waals surface area contributed by atoms with Gasteiger partial charge in [-0.05, 0) is 45.6 Å². The van der Waals surface area contributed by atoms with Crippen molar-refractivity contribution in [2.24, 2.45) is 27.9 Å². The molecule has 0 aliphatic rings. The Morgan fingerprint density at radius 3 is 2.09 bits per heavy atom. The molecule has 0 aliphatic heterocycles. The second-order valence-electron chi connectivity index (χ2n) is 7.21. The van der Waals surface area contributed by atoms with Gasteiger partial charge in [-0.1, -0.05) is 0 Å². The molecule has 0 saturated heterocycles. The summed E-state index contributed by atoms with van der Waals surface area (Å²) in [5.74, 6) is -3.22. The fourth-order valence-electron chi connectivity index (χ4n) is 2.55. The van der Waals surface area contributed by atoms with Gasteiger partial charge in [-0.25, -0.2) is 4.79 Å². The number of hydrogen-bond acceptors (Lipinski definition) is 8. The Balaban J connectivity index is 4.88. The summed E-state index contributed by atoms with van der Waals surface area (Å²) in [4.78, 5) is 52.2. The summed E-state index contributed by atoms with van der Waals surface area (Å²) in [6, 6.07) is -4.04. The van der Waals surface area contributed by atoms with Crippen molar-refractivity contribution >= 4 is 42.3 Å². The van der Waals surface area contributed by atoms with Crippen LogP contribution in [-0.2, 0) is 19.2 Å². The van der Waals surface area contributed by atoms with Crippen LogP contribution < -0.4 is 38.9 Å². The van der Waals surface area contributed by atoms with Gasteiger partial charge in [0.15, 0.2) is 5.96 Å². The van der Waals surface area contributed by atoms with Gasteiger partial charge in [0, 0.05) is 12.3 Å². The standard InChI is InChI=1S/C18H36N8O5S/c1-10(24-15(28)11(20)5-4-8-23-18(21)22)14(27)25-12(6-2-3-7-19)16(29)26-13(9-32)17(30)31/h10-13,32H,2-9,19-20H2,1H3,(H,24,28)(H,25,27)(H,26,29)(H,30,31)(H4,21,22,23)/t10-,11-,12-,13-/m0/s1. The lowest BCUT2D eigenvalue weighted by Crippen LogP contribution is -2.56. The maximum absolute atomic E-state index is 12.5. The van der Waals surface area contributed by atoms with E-state index in [2.05, 4.69) is 33.6 Å². The summed E-state index contributed by atoms with van der Waals surface area (Å²) in [7, 11) is 0. The number of nitrogens with two attached hydrogens (primary N) is 4. The number of amides is 3. The molecule has 0 aliphatic carbocycles. The molecule has 14 heteroatoms. The molecule has 184 valence electrons. The lowest BCUT2D eigenvalue weighted by atomic mass is 10.1. The van der Waals surface area contributed by atoms with Crippen LogP contribution in [0.5, 0.6) is 0 Å². The molecule has 0 spiro atoms. The van der Waals surface area contributed by atoms with Gasteiger partial charge >= 0.3 is 5.97 Å². The number of carbonyl (C=O) groups excluding carboxylic acids is 3. The zero-order chi connectivity index (χ0) is 24.7. The largest absolute Gasteiger partial charge is 0.480 e. The molecule has 0 radical (unpaired) electrons. The molecule has 0 aromatic heterocycles. The lowest BCUT2D eigenvalue weighted by molar-refractivity contribution is -0.141. The maximum Gasteiger partial charge on any atom is 0.327 e. The zero-order valence-corrected chi connectivity index (χ0v) is 19.1. The number of unbranched alkanes of at least 4 members (excludes halogenated alkanes) is 1. The van der Waals surface area contributed by atoms with E-state index in [4.69, 9.17) is 28.0 Å². The molecule has 0 fully saturated rings. The minimum absolute atomic E-state index is 0.0533. The van der Waals surface area contributed by atoms with Crippen molar-refractivity contribution in [2.45, 2.75) is 63.2 Å². The number of nitrogens with zero attached hydrogens (tertiary/aromatic N) is 1. The predicted octanol–water partition coefficient (Wildman–Crippen LogP) is -3.01. The van der Waals surface area contributed by atoms with Crippen LogP contribution in [0.4, 0.5) is 0 Å².